The van der Waals surface area contributed by atoms with Crippen LogP contribution in [-0.2, 0) is 64.1 Å². The summed E-state index contributed by atoms with van der Waals surface area (Å²) in [4.78, 5) is 13.6. The molecule has 0 saturated carbocycles. The largest absolute Gasteiger partial charge is 0.444 e. The minimum absolute atomic E-state index is 0.117. The van der Waals surface area contributed by atoms with Crippen LogP contribution in [0.1, 0.15) is 54.4 Å². The van der Waals surface area contributed by atoms with E-state index >= 15 is 0 Å². The van der Waals surface area contributed by atoms with Crippen molar-refractivity contribution in [2.24, 2.45) is 0 Å². The van der Waals surface area contributed by atoms with Gasteiger partial charge in [-0.3, -0.25) is 14.3 Å². The normalized spacial score (nSPS) is 14.7. The molecule has 0 unspecified atom stereocenters. The summed E-state index contributed by atoms with van der Waals surface area (Å²) in [5.41, 5.74) is 2.38. The van der Waals surface area contributed by atoms with Crippen molar-refractivity contribution in [1.82, 2.24) is 48.1 Å². The van der Waals surface area contributed by atoms with Gasteiger partial charge in [-0.2, -0.15) is 45.4 Å². The Kier molecular flexibility index (Phi) is 9.69. The molecule has 0 radical (unpaired) electrons. The molecule has 0 aromatic carbocycles. The van der Waals surface area contributed by atoms with Crippen LogP contribution in [0.25, 0.3) is 0 Å². The third kappa shape index (κ3) is 7.80. The maximum Gasteiger partial charge on any atom is 0.410 e. The molecule has 6 heterocycles. The molecule has 2 aliphatic heterocycles. The van der Waals surface area contributed by atoms with Gasteiger partial charge in [-0.25, -0.2) is 22.4 Å². The lowest BCUT2D eigenvalue weighted by Gasteiger charge is -2.24. The van der Waals surface area contributed by atoms with E-state index in [1.165, 1.54) is 43.5 Å². The monoisotopic (exact) mass is 734 g/mol. The van der Waals surface area contributed by atoms with Crippen LogP contribution < -0.4 is 5.32 Å². The Morgan fingerprint density at radius 2 is 1.27 bits per heavy atom. The SMILES string of the molecule is Cc1cn(CC(F)F)nc1S(=O)(=O)n1cc2c(n1)CN(C(=O)OC(C)(C)C)C2.Cc1cn(CC(F)F)nc1S(=O)(=O)n1cc2c(n1)CNC2. The lowest BCUT2D eigenvalue weighted by Crippen LogP contribution is -2.33. The number of hydrogen-bond acceptors (Lipinski definition) is 11. The molecule has 6 rings (SSSR count). The third-order valence-electron chi connectivity index (χ3n) is 7.10. The van der Waals surface area contributed by atoms with Crippen LogP contribution in [0.5, 0.6) is 0 Å². The zero-order valence-corrected chi connectivity index (χ0v) is 28.6. The van der Waals surface area contributed by atoms with E-state index < -0.39 is 57.7 Å². The first-order valence-electron chi connectivity index (χ1n) is 14.7. The van der Waals surface area contributed by atoms with E-state index in [9.17, 15) is 39.2 Å². The fraction of sp³-hybridized carbons (Fsp3) is 0.519. The van der Waals surface area contributed by atoms with Crippen LogP contribution >= 0.6 is 0 Å². The maximum atomic E-state index is 12.8. The molecule has 0 atom stereocenters. The van der Waals surface area contributed by atoms with E-state index in [4.69, 9.17) is 4.74 Å². The molecule has 22 heteroatoms. The van der Waals surface area contributed by atoms with Crippen LogP contribution in [0.2, 0.25) is 0 Å². The molecule has 4 aromatic rings. The summed E-state index contributed by atoms with van der Waals surface area (Å²) in [6, 6.07) is 0. The number of nitrogens with one attached hydrogen (secondary N) is 1. The topological polar surface area (TPSA) is 181 Å². The number of nitrogens with zero attached hydrogens (tertiary/aromatic N) is 9. The number of carbonyl (C=O) groups is 1. The summed E-state index contributed by atoms with van der Waals surface area (Å²) in [7, 11) is -8.10. The first-order valence-corrected chi connectivity index (χ1v) is 17.6. The van der Waals surface area contributed by atoms with E-state index in [1.54, 1.807) is 20.8 Å². The zero-order chi connectivity index (χ0) is 36.1. The van der Waals surface area contributed by atoms with Crippen molar-refractivity contribution in [3.05, 3.63) is 58.4 Å². The number of carbonyl (C=O) groups excluding carboxylic acids is 1. The lowest BCUT2D eigenvalue weighted by molar-refractivity contribution is 0.0239. The molecular weight excluding hydrogens is 700 g/mol. The number of aromatic nitrogens is 8. The summed E-state index contributed by atoms with van der Waals surface area (Å²) in [5, 5.41) is 18.1. The zero-order valence-electron chi connectivity index (χ0n) is 27.0. The average molecular weight is 735 g/mol. The van der Waals surface area contributed by atoms with Crippen molar-refractivity contribution in [2.45, 2.75) is 102 Å². The molecule has 4 aromatic heterocycles. The molecule has 16 nitrogen and oxygen atoms in total. The number of fused-ring (bicyclic) bond motifs is 2. The van der Waals surface area contributed by atoms with Crippen LogP contribution in [-0.4, -0.2) is 84.2 Å². The van der Waals surface area contributed by atoms with E-state index in [2.05, 4.69) is 25.7 Å². The van der Waals surface area contributed by atoms with Gasteiger partial charge in [0.05, 0.1) is 24.5 Å². The summed E-state index contributed by atoms with van der Waals surface area (Å²) >= 11 is 0. The van der Waals surface area contributed by atoms with Gasteiger partial charge in [0.25, 0.3) is 12.9 Å². The van der Waals surface area contributed by atoms with Gasteiger partial charge in [0.15, 0.2) is 0 Å². The van der Waals surface area contributed by atoms with Crippen molar-refractivity contribution in [1.29, 1.82) is 0 Å². The second-order valence-corrected chi connectivity index (χ2v) is 15.8. The summed E-state index contributed by atoms with van der Waals surface area (Å²) in [5.74, 6) is 0. The van der Waals surface area contributed by atoms with Crippen molar-refractivity contribution in [3.63, 3.8) is 0 Å². The predicted octanol–water partition coefficient (Wildman–Crippen LogP) is 2.63. The molecule has 0 saturated heterocycles. The number of alkyl halides is 4. The standard InChI is InChI=1S/C16H21F2N5O4S.C11H13F2N5O2S/c1-10-5-22(9-13(17)18)20-14(10)28(25,26)23-7-11-6-21(8-12(11)19-23)15(24)27-16(2,3)4;1-7-4-17(6-10(12)13)16-11(7)21(19,20)18-5-8-2-14-3-9(8)15-18/h5,7,13H,6,8-9H2,1-4H3;4-5,10,14H,2-3,6H2,1H3. The van der Waals surface area contributed by atoms with Crippen LogP contribution in [0, 0.1) is 13.8 Å². The van der Waals surface area contributed by atoms with Gasteiger partial charge in [-0.1, -0.05) is 0 Å². The van der Waals surface area contributed by atoms with Gasteiger partial charge >= 0.3 is 26.1 Å². The molecule has 0 spiro atoms. The highest BCUT2D eigenvalue weighted by molar-refractivity contribution is 7.90. The van der Waals surface area contributed by atoms with Gasteiger partial charge in [0, 0.05) is 60.1 Å². The van der Waals surface area contributed by atoms with Crippen molar-refractivity contribution < 1.29 is 43.9 Å². The number of halogens is 4. The smallest absolute Gasteiger partial charge is 0.410 e. The fourth-order valence-electron chi connectivity index (χ4n) is 5.02. The van der Waals surface area contributed by atoms with E-state index in [-0.39, 0.29) is 28.7 Å². The highest BCUT2D eigenvalue weighted by Crippen LogP contribution is 2.26. The van der Waals surface area contributed by atoms with E-state index in [0.717, 1.165) is 23.1 Å². The van der Waals surface area contributed by atoms with Crippen LogP contribution in [0.15, 0.2) is 34.8 Å². The lowest BCUT2D eigenvalue weighted by atomic mass is 10.2. The predicted molar refractivity (Wildman–Crippen MR) is 162 cm³/mol. The number of rotatable bonds is 8. The highest BCUT2D eigenvalue weighted by Gasteiger charge is 2.33. The Balaban J connectivity index is 0.000000199. The van der Waals surface area contributed by atoms with Gasteiger partial charge < -0.3 is 10.1 Å². The fourth-order valence-corrected chi connectivity index (χ4v) is 7.66. The summed E-state index contributed by atoms with van der Waals surface area (Å²) in [6.07, 6.45) is -0.488. The Labute approximate surface area is 278 Å². The minimum Gasteiger partial charge on any atom is -0.444 e. The quantitative estimate of drug-likeness (QED) is 0.263. The second-order valence-electron chi connectivity index (χ2n) is 12.4. The van der Waals surface area contributed by atoms with Gasteiger partial charge in [-0.15, -0.1) is 0 Å². The van der Waals surface area contributed by atoms with Crippen molar-refractivity contribution in [3.8, 4) is 0 Å². The highest BCUT2D eigenvalue weighted by atomic mass is 32.2. The van der Waals surface area contributed by atoms with E-state index in [0.29, 0.717) is 35.6 Å². The second kappa shape index (κ2) is 13.2. The third-order valence-corrected chi connectivity index (χ3v) is 10.2. The molecular formula is C27H34F4N10O6S2. The Bertz CT molecular complexity index is 2040. The first kappa shape index (κ1) is 36.0. The maximum absolute atomic E-state index is 12.8. The molecule has 49 heavy (non-hydrogen) atoms. The summed E-state index contributed by atoms with van der Waals surface area (Å²) < 4.78 is 109. The molecule has 0 aliphatic carbocycles. The van der Waals surface area contributed by atoms with Crippen LogP contribution in [0.3, 0.4) is 0 Å². The Hall–Kier alpha value is -4.31. The number of hydrogen-bond donors (Lipinski definition) is 1. The molecule has 2 aliphatic rings. The van der Waals surface area contributed by atoms with Gasteiger partial charge in [0.1, 0.15) is 18.7 Å². The average Bonchev–Trinajstić information content (AvgIpc) is 3.77. The minimum atomic E-state index is -4.13. The van der Waals surface area contributed by atoms with Crippen molar-refractivity contribution in [2.75, 3.05) is 0 Å². The first-order chi connectivity index (χ1) is 22.7. The Morgan fingerprint density at radius 3 is 1.71 bits per heavy atom. The molecule has 0 fully saturated rings. The van der Waals surface area contributed by atoms with Gasteiger partial charge in [-0.05, 0) is 34.6 Å². The van der Waals surface area contributed by atoms with Crippen LogP contribution in [0.4, 0.5) is 22.4 Å². The molecule has 1 amide bonds. The number of aryl methyl sites for hydroxylation is 2. The molecule has 268 valence electrons. The Morgan fingerprint density at radius 1 is 0.776 bits per heavy atom. The molecule has 1 N–H and O–H groups in total. The number of ether oxygens (including phenoxy) is 1. The summed E-state index contributed by atoms with van der Waals surface area (Å²) in [6.45, 7) is 8.26. The molecule has 0 bridgehead atoms. The van der Waals surface area contributed by atoms with E-state index in [1.807, 2.05) is 0 Å². The number of amides is 1. The van der Waals surface area contributed by atoms with Gasteiger partial charge in [0.2, 0.25) is 10.1 Å². The van der Waals surface area contributed by atoms with Crippen molar-refractivity contribution >= 4 is 26.1 Å².